The molecule has 0 aliphatic carbocycles. The van der Waals surface area contributed by atoms with Gasteiger partial charge in [-0.1, -0.05) is 12.1 Å². The Morgan fingerprint density at radius 3 is 3.12 bits per heavy atom. The van der Waals surface area contributed by atoms with Gasteiger partial charge in [0.1, 0.15) is 5.76 Å². The average Bonchev–Trinajstić information content (AvgIpc) is 2.75. The van der Waals surface area contributed by atoms with Crippen molar-refractivity contribution in [2.45, 2.75) is 26.4 Å². The smallest absolute Gasteiger partial charge is 0.276 e. The molecule has 0 spiro atoms. The van der Waals surface area contributed by atoms with Crippen LogP contribution in [0.25, 0.3) is 0 Å². The summed E-state index contributed by atoms with van der Waals surface area (Å²) in [6, 6.07) is 1.67. The fourth-order valence-electron chi connectivity index (χ4n) is 1.78. The molecule has 1 aliphatic heterocycles. The number of aromatic nitrogens is 1. The monoisotopic (exact) mass is 224 g/mol. The molecule has 1 saturated heterocycles. The number of hydrogen-bond acceptors (Lipinski definition) is 4. The molecule has 0 aromatic carbocycles. The van der Waals surface area contributed by atoms with Gasteiger partial charge in [0.2, 0.25) is 0 Å². The van der Waals surface area contributed by atoms with Gasteiger partial charge in [0.25, 0.3) is 5.91 Å². The number of ether oxygens (including phenoxy) is 1. The van der Waals surface area contributed by atoms with Gasteiger partial charge >= 0.3 is 0 Å². The maximum absolute atomic E-state index is 12.0. The standard InChI is InChI=1S/C11H16N2O3/c1-3-9-7-13(4-5-15-9)11(14)10-6-8(2)16-12-10/h6,9H,3-5,7H2,1-2H3/t9-/m0/s1. The maximum atomic E-state index is 12.0. The van der Waals surface area contributed by atoms with Crippen LogP contribution in [0.1, 0.15) is 29.6 Å². The summed E-state index contributed by atoms with van der Waals surface area (Å²) in [5, 5.41) is 3.73. The molecule has 1 fully saturated rings. The number of carbonyl (C=O) groups is 1. The molecule has 1 aliphatic rings. The SMILES string of the molecule is CC[C@H]1CN(C(=O)c2cc(C)on2)CCO1. The molecular formula is C11H16N2O3. The third-order valence-electron chi connectivity index (χ3n) is 2.73. The third kappa shape index (κ3) is 2.24. The first-order valence-corrected chi connectivity index (χ1v) is 5.55. The second kappa shape index (κ2) is 4.65. The van der Waals surface area contributed by atoms with E-state index >= 15 is 0 Å². The van der Waals surface area contributed by atoms with E-state index in [1.807, 2.05) is 0 Å². The number of amides is 1. The highest BCUT2D eigenvalue weighted by Crippen LogP contribution is 2.12. The zero-order chi connectivity index (χ0) is 11.5. The molecule has 16 heavy (non-hydrogen) atoms. The summed E-state index contributed by atoms with van der Waals surface area (Å²) in [5.41, 5.74) is 0.384. The first-order valence-electron chi connectivity index (χ1n) is 5.55. The van der Waals surface area contributed by atoms with Gasteiger partial charge in [-0.15, -0.1) is 0 Å². The van der Waals surface area contributed by atoms with Crippen LogP contribution < -0.4 is 0 Å². The largest absolute Gasteiger partial charge is 0.375 e. The second-order valence-electron chi connectivity index (χ2n) is 3.98. The van der Waals surface area contributed by atoms with E-state index in [0.717, 1.165) is 6.42 Å². The summed E-state index contributed by atoms with van der Waals surface area (Å²) in [4.78, 5) is 13.8. The molecule has 0 bridgehead atoms. The number of hydrogen-bond donors (Lipinski definition) is 0. The Morgan fingerprint density at radius 1 is 1.69 bits per heavy atom. The Hall–Kier alpha value is -1.36. The second-order valence-corrected chi connectivity index (χ2v) is 3.98. The van der Waals surface area contributed by atoms with Gasteiger partial charge in [-0.05, 0) is 13.3 Å². The van der Waals surface area contributed by atoms with Crippen LogP contribution in [0.15, 0.2) is 10.6 Å². The summed E-state index contributed by atoms with van der Waals surface area (Å²) in [5.74, 6) is 0.585. The molecule has 1 aromatic heterocycles. The molecule has 2 heterocycles. The minimum Gasteiger partial charge on any atom is -0.375 e. The normalized spacial score (nSPS) is 21.1. The fourth-order valence-corrected chi connectivity index (χ4v) is 1.78. The summed E-state index contributed by atoms with van der Waals surface area (Å²) in [6.07, 6.45) is 1.06. The molecule has 1 atom stereocenters. The molecule has 1 amide bonds. The number of rotatable bonds is 2. The van der Waals surface area contributed by atoms with E-state index in [4.69, 9.17) is 9.26 Å². The van der Waals surface area contributed by atoms with Crippen molar-refractivity contribution < 1.29 is 14.1 Å². The highest BCUT2D eigenvalue weighted by atomic mass is 16.5. The van der Waals surface area contributed by atoms with E-state index < -0.39 is 0 Å². The number of aryl methyl sites for hydroxylation is 1. The molecular weight excluding hydrogens is 208 g/mol. The Balaban J connectivity index is 2.04. The van der Waals surface area contributed by atoms with Crippen LogP contribution >= 0.6 is 0 Å². The van der Waals surface area contributed by atoms with Gasteiger partial charge in [0, 0.05) is 19.2 Å². The molecule has 0 saturated carbocycles. The molecule has 1 aromatic rings. The molecule has 2 rings (SSSR count). The van der Waals surface area contributed by atoms with Crippen molar-refractivity contribution in [1.82, 2.24) is 10.1 Å². The predicted molar refractivity (Wildman–Crippen MR) is 57.2 cm³/mol. The van der Waals surface area contributed by atoms with Crippen molar-refractivity contribution >= 4 is 5.91 Å². The third-order valence-corrected chi connectivity index (χ3v) is 2.73. The van der Waals surface area contributed by atoms with E-state index in [1.54, 1.807) is 17.9 Å². The Morgan fingerprint density at radius 2 is 2.50 bits per heavy atom. The van der Waals surface area contributed by atoms with Crippen molar-refractivity contribution in [2.24, 2.45) is 0 Å². The maximum Gasteiger partial charge on any atom is 0.276 e. The Kier molecular flexibility index (Phi) is 3.24. The molecule has 5 heteroatoms. The predicted octanol–water partition coefficient (Wildman–Crippen LogP) is 1.23. The zero-order valence-corrected chi connectivity index (χ0v) is 9.60. The van der Waals surface area contributed by atoms with Crippen LogP contribution in [0.5, 0.6) is 0 Å². The first-order chi connectivity index (χ1) is 7.70. The van der Waals surface area contributed by atoms with Gasteiger partial charge in [0.05, 0.1) is 12.7 Å². The summed E-state index contributed by atoms with van der Waals surface area (Å²) in [7, 11) is 0. The van der Waals surface area contributed by atoms with Crippen molar-refractivity contribution in [1.29, 1.82) is 0 Å². The van der Waals surface area contributed by atoms with Crippen LogP contribution in [0.2, 0.25) is 0 Å². The van der Waals surface area contributed by atoms with Crippen LogP contribution in [0.4, 0.5) is 0 Å². The molecule has 0 N–H and O–H groups in total. The molecule has 0 unspecified atom stereocenters. The van der Waals surface area contributed by atoms with Gasteiger partial charge in [0.15, 0.2) is 5.69 Å². The topological polar surface area (TPSA) is 55.6 Å². The Bertz CT molecular complexity index is 375. The van der Waals surface area contributed by atoms with E-state index in [-0.39, 0.29) is 12.0 Å². The van der Waals surface area contributed by atoms with E-state index in [9.17, 15) is 4.79 Å². The van der Waals surface area contributed by atoms with Gasteiger partial charge < -0.3 is 14.2 Å². The molecule has 0 radical (unpaired) electrons. The van der Waals surface area contributed by atoms with Crippen molar-refractivity contribution in [3.05, 3.63) is 17.5 Å². The Labute approximate surface area is 94.3 Å². The lowest BCUT2D eigenvalue weighted by Crippen LogP contribution is -2.45. The van der Waals surface area contributed by atoms with Crippen LogP contribution in [0.3, 0.4) is 0 Å². The molecule has 88 valence electrons. The lowest BCUT2D eigenvalue weighted by atomic mass is 10.2. The number of nitrogens with zero attached hydrogens (tertiary/aromatic N) is 2. The lowest BCUT2D eigenvalue weighted by molar-refractivity contribution is -0.0229. The van der Waals surface area contributed by atoms with Crippen molar-refractivity contribution in [2.75, 3.05) is 19.7 Å². The van der Waals surface area contributed by atoms with Gasteiger partial charge in [-0.2, -0.15) is 0 Å². The highest BCUT2D eigenvalue weighted by molar-refractivity contribution is 5.92. The van der Waals surface area contributed by atoms with Crippen LogP contribution in [-0.2, 0) is 4.74 Å². The zero-order valence-electron chi connectivity index (χ0n) is 9.60. The minimum absolute atomic E-state index is 0.0707. The summed E-state index contributed by atoms with van der Waals surface area (Å²) >= 11 is 0. The minimum atomic E-state index is -0.0707. The fraction of sp³-hybridized carbons (Fsp3) is 0.636. The first kappa shape index (κ1) is 11.1. The van der Waals surface area contributed by atoms with Crippen LogP contribution in [0, 0.1) is 6.92 Å². The van der Waals surface area contributed by atoms with Crippen molar-refractivity contribution in [3.63, 3.8) is 0 Å². The van der Waals surface area contributed by atoms with E-state index in [1.165, 1.54) is 0 Å². The molecule has 5 nitrogen and oxygen atoms in total. The quantitative estimate of drug-likeness (QED) is 0.758. The summed E-state index contributed by atoms with van der Waals surface area (Å²) in [6.45, 7) is 5.69. The highest BCUT2D eigenvalue weighted by Gasteiger charge is 2.25. The summed E-state index contributed by atoms with van der Waals surface area (Å²) < 4.78 is 10.4. The lowest BCUT2D eigenvalue weighted by Gasteiger charge is -2.31. The van der Waals surface area contributed by atoms with Gasteiger partial charge in [-0.3, -0.25) is 4.79 Å². The van der Waals surface area contributed by atoms with E-state index in [0.29, 0.717) is 31.2 Å². The van der Waals surface area contributed by atoms with Gasteiger partial charge in [-0.25, -0.2) is 0 Å². The van der Waals surface area contributed by atoms with Crippen molar-refractivity contribution in [3.8, 4) is 0 Å². The van der Waals surface area contributed by atoms with Crippen LogP contribution in [-0.4, -0.2) is 41.8 Å². The number of carbonyl (C=O) groups excluding carboxylic acids is 1. The van der Waals surface area contributed by atoms with E-state index in [2.05, 4.69) is 12.1 Å². The average molecular weight is 224 g/mol. The number of morpholine rings is 1.